The van der Waals surface area contributed by atoms with E-state index in [0.29, 0.717) is 10.0 Å². The molecule has 0 saturated heterocycles. The zero-order chi connectivity index (χ0) is 16.5. The van der Waals surface area contributed by atoms with Crippen molar-refractivity contribution in [1.29, 1.82) is 0 Å². The van der Waals surface area contributed by atoms with Crippen molar-refractivity contribution in [2.24, 2.45) is 0 Å². The molecule has 0 heterocycles. The maximum Gasteiger partial charge on any atom is 0.142 e. The van der Waals surface area contributed by atoms with Crippen molar-refractivity contribution < 1.29 is 4.74 Å². The number of unbranched alkanes of at least 4 members (excludes halogenated alkanes) is 1. The molecule has 2 rings (SSSR count). The first kappa shape index (κ1) is 17.8. The molecule has 0 atom stereocenters. The third-order valence-electron chi connectivity index (χ3n) is 3.33. The van der Waals surface area contributed by atoms with E-state index in [-0.39, 0.29) is 0 Å². The van der Waals surface area contributed by atoms with Crippen LogP contribution in [0.15, 0.2) is 42.5 Å². The Labute approximate surface area is 147 Å². The smallest absolute Gasteiger partial charge is 0.142 e. The van der Waals surface area contributed by atoms with Crippen molar-refractivity contribution >= 4 is 34.6 Å². The Bertz CT molecular complexity index is 620. The van der Waals surface area contributed by atoms with Gasteiger partial charge in [-0.25, -0.2) is 0 Å². The summed E-state index contributed by atoms with van der Waals surface area (Å²) < 4.78 is 5.81. The lowest BCUT2D eigenvalue weighted by Crippen LogP contribution is -2.14. The van der Waals surface area contributed by atoms with Gasteiger partial charge in [-0.15, -0.1) is 0 Å². The molecule has 0 spiro atoms. The number of para-hydroxylation sites is 2. The highest BCUT2D eigenvalue weighted by Crippen LogP contribution is 2.26. The van der Waals surface area contributed by atoms with Crippen LogP contribution in [-0.4, -0.2) is 19.7 Å². The first-order valence-corrected chi connectivity index (χ1v) is 8.61. The number of benzene rings is 2. The minimum absolute atomic E-state index is 0.665. The lowest BCUT2D eigenvalue weighted by Gasteiger charge is -2.14. The summed E-state index contributed by atoms with van der Waals surface area (Å²) in [5.74, 6) is 0.890. The first-order valence-electron chi connectivity index (χ1n) is 7.85. The maximum atomic E-state index is 6.13. The van der Waals surface area contributed by atoms with Crippen LogP contribution in [0.1, 0.15) is 19.8 Å². The van der Waals surface area contributed by atoms with E-state index in [1.165, 1.54) is 0 Å². The summed E-state index contributed by atoms with van der Waals surface area (Å²) in [6.07, 6.45) is 2.18. The normalized spacial score (nSPS) is 10.4. The number of hydrogen-bond acceptors (Lipinski definition) is 3. The average molecular weight is 353 g/mol. The predicted molar refractivity (Wildman–Crippen MR) is 100 cm³/mol. The Balaban J connectivity index is 1.83. The Hall–Kier alpha value is -1.58. The molecule has 2 N–H and O–H groups in total. The first-order chi connectivity index (χ1) is 11.2. The Kier molecular flexibility index (Phi) is 7.37. The number of rotatable bonds is 9. The van der Waals surface area contributed by atoms with Gasteiger partial charge in [-0.3, -0.25) is 0 Å². The summed E-state index contributed by atoms with van der Waals surface area (Å²) in [5, 5.41) is 7.99. The van der Waals surface area contributed by atoms with E-state index in [1.807, 2.05) is 30.3 Å². The van der Waals surface area contributed by atoms with Gasteiger partial charge < -0.3 is 15.4 Å². The Morgan fingerprint density at radius 3 is 2.48 bits per heavy atom. The zero-order valence-electron chi connectivity index (χ0n) is 13.2. The van der Waals surface area contributed by atoms with Gasteiger partial charge in [0.25, 0.3) is 0 Å². The summed E-state index contributed by atoms with van der Waals surface area (Å²) in [5.41, 5.74) is 1.84. The van der Waals surface area contributed by atoms with Gasteiger partial charge in [0.2, 0.25) is 0 Å². The highest BCUT2D eigenvalue weighted by atomic mass is 35.5. The van der Waals surface area contributed by atoms with Gasteiger partial charge in [0.05, 0.1) is 23.0 Å². The van der Waals surface area contributed by atoms with Gasteiger partial charge in [-0.05, 0) is 36.8 Å². The molecule has 0 radical (unpaired) electrons. The maximum absolute atomic E-state index is 6.13. The molecule has 0 aliphatic heterocycles. The van der Waals surface area contributed by atoms with Gasteiger partial charge in [-0.2, -0.15) is 0 Å². The van der Waals surface area contributed by atoms with Crippen LogP contribution in [0.4, 0.5) is 11.4 Å². The Morgan fingerprint density at radius 1 is 0.957 bits per heavy atom. The van der Waals surface area contributed by atoms with Crippen LogP contribution in [0.5, 0.6) is 5.75 Å². The van der Waals surface area contributed by atoms with Crippen LogP contribution in [0.3, 0.4) is 0 Å². The molecule has 0 unspecified atom stereocenters. The summed E-state index contributed by atoms with van der Waals surface area (Å²) in [6, 6.07) is 13.4. The van der Waals surface area contributed by atoms with Gasteiger partial charge in [0.1, 0.15) is 5.75 Å². The summed E-state index contributed by atoms with van der Waals surface area (Å²) in [4.78, 5) is 0. The van der Waals surface area contributed by atoms with Crippen LogP contribution >= 0.6 is 23.2 Å². The molecule has 0 bridgehead atoms. The van der Waals surface area contributed by atoms with Crippen LogP contribution in [0, 0.1) is 0 Å². The number of hydrogen-bond donors (Lipinski definition) is 2. The molecule has 124 valence electrons. The third kappa shape index (κ3) is 5.85. The molecule has 2 aromatic carbocycles. The SMILES string of the molecule is CCCCOc1ccccc1NCCNc1cc(Cl)ccc1Cl. The van der Waals surface area contributed by atoms with Crippen molar-refractivity contribution in [1.82, 2.24) is 0 Å². The largest absolute Gasteiger partial charge is 0.491 e. The predicted octanol–water partition coefficient (Wildman–Crippen LogP) is 5.70. The fraction of sp³-hybridized carbons (Fsp3) is 0.333. The minimum Gasteiger partial charge on any atom is -0.491 e. The monoisotopic (exact) mass is 352 g/mol. The van der Waals surface area contributed by atoms with Crippen molar-refractivity contribution in [2.75, 3.05) is 30.3 Å². The highest BCUT2D eigenvalue weighted by molar-refractivity contribution is 6.35. The molecule has 0 amide bonds. The van der Waals surface area contributed by atoms with E-state index in [0.717, 1.165) is 49.7 Å². The lowest BCUT2D eigenvalue weighted by atomic mass is 10.3. The molecule has 0 saturated carbocycles. The molecule has 3 nitrogen and oxygen atoms in total. The summed E-state index contributed by atoms with van der Waals surface area (Å²) >= 11 is 12.1. The van der Waals surface area contributed by atoms with E-state index in [1.54, 1.807) is 12.1 Å². The average Bonchev–Trinajstić information content (AvgIpc) is 2.56. The van der Waals surface area contributed by atoms with Crippen LogP contribution in [-0.2, 0) is 0 Å². The molecular formula is C18H22Cl2N2O. The molecular weight excluding hydrogens is 331 g/mol. The fourth-order valence-corrected chi connectivity index (χ4v) is 2.45. The van der Waals surface area contributed by atoms with Crippen molar-refractivity contribution in [3.8, 4) is 5.75 Å². The molecule has 0 aliphatic carbocycles. The van der Waals surface area contributed by atoms with E-state index in [4.69, 9.17) is 27.9 Å². The third-order valence-corrected chi connectivity index (χ3v) is 3.89. The molecule has 0 aromatic heterocycles. The van der Waals surface area contributed by atoms with Gasteiger partial charge >= 0.3 is 0 Å². The Morgan fingerprint density at radius 2 is 1.70 bits per heavy atom. The van der Waals surface area contributed by atoms with Crippen molar-refractivity contribution in [2.45, 2.75) is 19.8 Å². The lowest BCUT2D eigenvalue weighted by molar-refractivity contribution is 0.311. The van der Waals surface area contributed by atoms with Gasteiger partial charge in [-0.1, -0.05) is 48.7 Å². The quantitative estimate of drug-likeness (QED) is 0.568. The topological polar surface area (TPSA) is 33.3 Å². The molecule has 5 heteroatoms. The van der Waals surface area contributed by atoms with E-state index < -0.39 is 0 Å². The van der Waals surface area contributed by atoms with E-state index in [9.17, 15) is 0 Å². The molecule has 2 aromatic rings. The second-order valence-corrected chi connectivity index (χ2v) is 6.02. The minimum atomic E-state index is 0.665. The van der Waals surface area contributed by atoms with Crippen LogP contribution in [0.25, 0.3) is 0 Å². The zero-order valence-corrected chi connectivity index (χ0v) is 14.8. The fourth-order valence-electron chi connectivity index (χ4n) is 2.09. The van der Waals surface area contributed by atoms with Gasteiger partial charge in [0, 0.05) is 18.1 Å². The van der Waals surface area contributed by atoms with Crippen LogP contribution in [0.2, 0.25) is 10.0 Å². The number of nitrogens with one attached hydrogen (secondary N) is 2. The molecule has 0 fully saturated rings. The molecule has 0 aliphatic rings. The van der Waals surface area contributed by atoms with Crippen molar-refractivity contribution in [3.05, 3.63) is 52.5 Å². The van der Waals surface area contributed by atoms with E-state index >= 15 is 0 Å². The molecule has 23 heavy (non-hydrogen) atoms. The van der Waals surface area contributed by atoms with Crippen LogP contribution < -0.4 is 15.4 Å². The standard InChI is InChI=1S/C18H22Cl2N2O/c1-2-3-12-23-18-7-5-4-6-16(18)21-10-11-22-17-13-14(19)8-9-15(17)20/h4-9,13,21-22H,2-3,10-12H2,1H3. The van der Waals surface area contributed by atoms with Crippen molar-refractivity contribution in [3.63, 3.8) is 0 Å². The summed E-state index contributed by atoms with van der Waals surface area (Å²) in [6.45, 7) is 4.37. The second-order valence-electron chi connectivity index (χ2n) is 5.18. The number of ether oxygens (including phenoxy) is 1. The number of anilines is 2. The second kappa shape index (κ2) is 9.53. The highest BCUT2D eigenvalue weighted by Gasteiger charge is 2.03. The van der Waals surface area contributed by atoms with E-state index in [2.05, 4.69) is 17.6 Å². The van der Waals surface area contributed by atoms with Gasteiger partial charge in [0.15, 0.2) is 0 Å². The summed E-state index contributed by atoms with van der Waals surface area (Å²) in [7, 11) is 0. The number of halogens is 2.